The minimum atomic E-state index is 0.137. The summed E-state index contributed by atoms with van der Waals surface area (Å²) in [7, 11) is 0. The van der Waals surface area contributed by atoms with Crippen molar-refractivity contribution in [2.75, 3.05) is 5.75 Å². The third kappa shape index (κ3) is 3.20. The molecule has 0 atom stereocenters. The summed E-state index contributed by atoms with van der Waals surface area (Å²) in [6.07, 6.45) is 7.66. The van der Waals surface area contributed by atoms with Crippen molar-refractivity contribution in [2.24, 2.45) is 0 Å². The number of aromatic nitrogens is 2. The minimum Gasteiger partial charge on any atom is -0.346 e. The second kappa shape index (κ2) is 5.51. The zero-order valence-electron chi connectivity index (χ0n) is 9.24. The average Bonchev–Trinajstić information content (AvgIpc) is 2.67. The molecule has 0 spiro atoms. The molecule has 2 aromatic rings. The monoisotopic (exact) mass is 310 g/mol. The average molecular weight is 311 g/mol. The van der Waals surface area contributed by atoms with E-state index in [1.54, 1.807) is 13.1 Å². The molecule has 0 aromatic carbocycles. The second-order valence-corrected chi connectivity index (χ2v) is 5.61. The smallest absolute Gasteiger partial charge is 0.186 e. The Morgan fingerprint density at radius 2 is 2.47 bits per heavy atom. The van der Waals surface area contributed by atoms with Gasteiger partial charge in [-0.3, -0.25) is 4.79 Å². The lowest BCUT2D eigenvalue weighted by Gasteiger charge is -1.93. The molecule has 1 N–H and O–H groups in total. The van der Waals surface area contributed by atoms with E-state index in [9.17, 15) is 4.79 Å². The van der Waals surface area contributed by atoms with Crippen LogP contribution in [0.2, 0.25) is 0 Å². The Labute approximate surface area is 112 Å². The fraction of sp³-hybridized carbons (Fsp3) is 0.167. The van der Waals surface area contributed by atoms with Crippen LogP contribution in [0.4, 0.5) is 0 Å². The largest absolute Gasteiger partial charge is 0.346 e. The van der Waals surface area contributed by atoms with Crippen LogP contribution in [0.15, 0.2) is 29.0 Å². The number of nitrogens with one attached hydrogen (secondary N) is 1. The van der Waals surface area contributed by atoms with Crippen LogP contribution < -0.4 is 0 Å². The van der Waals surface area contributed by atoms with Gasteiger partial charge in [-0.25, -0.2) is 4.98 Å². The molecule has 5 heteroatoms. The third-order valence-corrected chi connectivity index (χ3v) is 3.41. The van der Waals surface area contributed by atoms with Gasteiger partial charge in [-0.05, 0) is 22.0 Å². The third-order valence-electron chi connectivity index (χ3n) is 2.21. The Kier molecular flexibility index (Phi) is 4.02. The molecule has 0 saturated heterocycles. The number of H-pyrrole nitrogens is 1. The molecule has 0 saturated carbocycles. The first-order valence-electron chi connectivity index (χ1n) is 5.09. The predicted octanol–water partition coefficient (Wildman–Crippen LogP) is 3.62. The maximum absolute atomic E-state index is 10.8. The maximum atomic E-state index is 10.8. The van der Waals surface area contributed by atoms with Gasteiger partial charge >= 0.3 is 0 Å². The van der Waals surface area contributed by atoms with E-state index >= 15 is 0 Å². The molecule has 0 fully saturated rings. The number of fused-ring (bicyclic) bond motifs is 1. The summed E-state index contributed by atoms with van der Waals surface area (Å²) in [5, 5.41) is 1.21. The van der Waals surface area contributed by atoms with E-state index < -0.39 is 0 Å². The van der Waals surface area contributed by atoms with Crippen LogP contribution in [0.5, 0.6) is 0 Å². The van der Waals surface area contributed by atoms with Crippen LogP contribution in [0.25, 0.3) is 17.1 Å². The van der Waals surface area contributed by atoms with E-state index in [-0.39, 0.29) is 5.12 Å². The molecule has 88 valence electrons. The van der Waals surface area contributed by atoms with Crippen molar-refractivity contribution in [3.63, 3.8) is 0 Å². The molecule has 2 aromatic heterocycles. The van der Waals surface area contributed by atoms with Gasteiger partial charge in [0.15, 0.2) is 5.12 Å². The van der Waals surface area contributed by atoms with Gasteiger partial charge in [0.05, 0.1) is 0 Å². The predicted molar refractivity (Wildman–Crippen MR) is 76.0 cm³/mol. The standard InChI is InChI=1S/C12H11BrN2OS/c1-8(16)17-4-2-3-9-6-14-12-11(9)5-10(13)7-15-12/h2-3,5-7H,4H2,1H3,(H,14,15). The number of carbonyl (C=O) groups is 1. The lowest BCUT2D eigenvalue weighted by Crippen LogP contribution is -1.81. The topological polar surface area (TPSA) is 45.8 Å². The van der Waals surface area contributed by atoms with Crippen LogP contribution >= 0.6 is 27.7 Å². The Hall–Kier alpha value is -1.07. The van der Waals surface area contributed by atoms with Gasteiger partial charge in [0.1, 0.15) is 5.65 Å². The van der Waals surface area contributed by atoms with Gasteiger partial charge in [0.2, 0.25) is 0 Å². The Morgan fingerprint density at radius 1 is 1.65 bits per heavy atom. The second-order valence-electron chi connectivity index (χ2n) is 3.50. The summed E-state index contributed by atoms with van der Waals surface area (Å²) in [5.74, 6) is 0.698. The molecule has 0 bridgehead atoms. The summed E-state index contributed by atoms with van der Waals surface area (Å²) in [5.41, 5.74) is 1.95. The number of hydrogen-bond acceptors (Lipinski definition) is 3. The molecule has 0 aliphatic heterocycles. The summed E-state index contributed by atoms with van der Waals surface area (Å²) < 4.78 is 0.956. The van der Waals surface area contributed by atoms with E-state index in [2.05, 4.69) is 25.9 Å². The highest BCUT2D eigenvalue weighted by atomic mass is 79.9. The van der Waals surface area contributed by atoms with Crippen LogP contribution in [0.1, 0.15) is 12.5 Å². The molecule has 0 aliphatic carbocycles. The molecular weight excluding hydrogens is 300 g/mol. The lowest BCUT2D eigenvalue weighted by molar-refractivity contribution is -0.109. The van der Waals surface area contributed by atoms with Crippen LogP contribution in [0.3, 0.4) is 0 Å². The highest BCUT2D eigenvalue weighted by Crippen LogP contribution is 2.21. The number of carbonyl (C=O) groups excluding carboxylic acids is 1. The van der Waals surface area contributed by atoms with Crippen molar-refractivity contribution in [3.8, 4) is 0 Å². The van der Waals surface area contributed by atoms with Gasteiger partial charge in [0, 0.05) is 40.5 Å². The van der Waals surface area contributed by atoms with Crippen molar-refractivity contribution in [3.05, 3.63) is 34.6 Å². The SMILES string of the molecule is CC(=O)SCC=Cc1c[nH]c2ncc(Br)cc12. The number of aromatic amines is 1. The fourth-order valence-corrected chi connectivity index (χ4v) is 2.24. The van der Waals surface area contributed by atoms with Gasteiger partial charge in [-0.15, -0.1) is 0 Å². The highest BCUT2D eigenvalue weighted by molar-refractivity contribution is 9.10. The lowest BCUT2D eigenvalue weighted by atomic mass is 10.2. The molecular formula is C12H11BrN2OS. The van der Waals surface area contributed by atoms with Gasteiger partial charge in [-0.1, -0.05) is 23.9 Å². The molecule has 0 radical (unpaired) electrons. The summed E-state index contributed by atoms with van der Waals surface area (Å²) in [4.78, 5) is 18.1. The molecule has 0 aliphatic rings. The van der Waals surface area contributed by atoms with E-state index in [0.717, 1.165) is 21.1 Å². The van der Waals surface area contributed by atoms with Crippen LogP contribution in [0, 0.1) is 0 Å². The Morgan fingerprint density at radius 3 is 3.24 bits per heavy atom. The molecule has 0 amide bonds. The van der Waals surface area contributed by atoms with E-state index in [0.29, 0.717) is 5.75 Å². The van der Waals surface area contributed by atoms with Crippen LogP contribution in [-0.4, -0.2) is 20.8 Å². The number of hydrogen-bond donors (Lipinski definition) is 1. The molecule has 0 unspecified atom stereocenters. The summed E-state index contributed by atoms with van der Waals surface area (Å²) in [6, 6.07) is 2.02. The first-order chi connectivity index (χ1) is 8.16. The van der Waals surface area contributed by atoms with Crippen molar-refractivity contribution < 1.29 is 4.79 Å². The van der Waals surface area contributed by atoms with E-state index in [4.69, 9.17) is 0 Å². The molecule has 2 heterocycles. The number of nitrogens with zero attached hydrogens (tertiary/aromatic N) is 1. The van der Waals surface area contributed by atoms with Crippen molar-refractivity contribution in [1.82, 2.24) is 9.97 Å². The van der Waals surface area contributed by atoms with Crippen molar-refractivity contribution >= 4 is 49.9 Å². The first-order valence-corrected chi connectivity index (χ1v) is 6.87. The summed E-state index contributed by atoms with van der Waals surface area (Å²) in [6.45, 7) is 1.57. The maximum Gasteiger partial charge on any atom is 0.186 e. The zero-order chi connectivity index (χ0) is 12.3. The first kappa shape index (κ1) is 12.4. The normalized spacial score (nSPS) is 11.4. The van der Waals surface area contributed by atoms with Gasteiger partial charge < -0.3 is 4.98 Å². The quantitative estimate of drug-likeness (QED) is 0.941. The number of halogens is 1. The van der Waals surface area contributed by atoms with E-state index in [1.165, 1.54) is 11.8 Å². The molecule has 17 heavy (non-hydrogen) atoms. The van der Waals surface area contributed by atoms with Crippen molar-refractivity contribution in [2.45, 2.75) is 6.92 Å². The van der Waals surface area contributed by atoms with E-state index in [1.807, 2.05) is 24.4 Å². The highest BCUT2D eigenvalue weighted by Gasteiger charge is 2.02. The van der Waals surface area contributed by atoms with Crippen molar-refractivity contribution in [1.29, 1.82) is 0 Å². The fourth-order valence-electron chi connectivity index (χ4n) is 1.48. The number of rotatable bonds is 3. The van der Waals surface area contributed by atoms with Gasteiger partial charge in [0.25, 0.3) is 0 Å². The Bertz CT molecular complexity index is 577. The minimum absolute atomic E-state index is 0.137. The Balaban J connectivity index is 2.18. The molecule has 3 nitrogen and oxygen atoms in total. The number of thioether (sulfide) groups is 1. The van der Waals surface area contributed by atoms with Crippen LogP contribution in [-0.2, 0) is 4.79 Å². The van der Waals surface area contributed by atoms with Gasteiger partial charge in [-0.2, -0.15) is 0 Å². The zero-order valence-corrected chi connectivity index (χ0v) is 11.6. The molecule has 2 rings (SSSR count). The number of pyridine rings is 1. The summed E-state index contributed by atoms with van der Waals surface area (Å²) >= 11 is 4.70.